The second-order valence-electron chi connectivity index (χ2n) is 6.41. The van der Waals surface area contributed by atoms with Gasteiger partial charge in [0.2, 0.25) is 0 Å². The average molecular weight is 256 g/mol. The largest absolute Gasteiger partial charge is 0.301 e. The van der Waals surface area contributed by atoms with Gasteiger partial charge in [0.1, 0.15) is 0 Å². The first-order valence-corrected chi connectivity index (χ1v) is 7.15. The molecular formula is C17H24N2. The normalized spacial score (nSPS) is 16.7. The topological polar surface area (TPSA) is 27.0 Å². The summed E-state index contributed by atoms with van der Waals surface area (Å²) in [6.45, 7) is 8.47. The maximum atomic E-state index is 9.17. The summed E-state index contributed by atoms with van der Waals surface area (Å²) in [5, 5.41) is 9.17. The quantitative estimate of drug-likeness (QED) is 0.800. The van der Waals surface area contributed by atoms with E-state index in [-0.39, 0.29) is 5.41 Å². The minimum Gasteiger partial charge on any atom is -0.301 e. The monoisotopic (exact) mass is 256 g/mol. The van der Waals surface area contributed by atoms with Crippen LogP contribution >= 0.6 is 0 Å². The molecule has 1 aromatic rings. The predicted molar refractivity (Wildman–Crippen MR) is 78.9 cm³/mol. The zero-order valence-electron chi connectivity index (χ0n) is 12.5. The van der Waals surface area contributed by atoms with Crippen molar-refractivity contribution in [1.82, 2.24) is 4.90 Å². The molecule has 2 heteroatoms. The van der Waals surface area contributed by atoms with Gasteiger partial charge in [-0.3, -0.25) is 0 Å². The molecule has 0 atom stereocenters. The highest BCUT2D eigenvalue weighted by molar-refractivity contribution is 5.32. The van der Waals surface area contributed by atoms with Crippen molar-refractivity contribution in [3.8, 4) is 6.07 Å². The van der Waals surface area contributed by atoms with Crippen LogP contribution in [0.1, 0.15) is 49.3 Å². The van der Waals surface area contributed by atoms with Crippen molar-refractivity contribution in [3.63, 3.8) is 0 Å². The smallest absolute Gasteiger partial charge is 0.0703 e. The second kappa shape index (κ2) is 5.35. The highest BCUT2D eigenvalue weighted by Gasteiger charge is 2.43. The van der Waals surface area contributed by atoms with Crippen LogP contribution in [-0.4, -0.2) is 18.5 Å². The Morgan fingerprint density at radius 1 is 1.37 bits per heavy atom. The molecule has 0 radical (unpaired) electrons. The van der Waals surface area contributed by atoms with E-state index in [1.807, 2.05) is 0 Å². The highest BCUT2D eigenvalue weighted by Crippen LogP contribution is 2.45. The SMILES string of the molecule is Cc1ccc(C(C)C)cc1CN(C)CC1(C#N)CC1. The van der Waals surface area contributed by atoms with Gasteiger partial charge in [-0.25, -0.2) is 0 Å². The Hall–Kier alpha value is -1.33. The summed E-state index contributed by atoms with van der Waals surface area (Å²) < 4.78 is 0. The number of benzene rings is 1. The molecule has 1 fully saturated rings. The fourth-order valence-electron chi connectivity index (χ4n) is 2.54. The minimum absolute atomic E-state index is 0.0433. The van der Waals surface area contributed by atoms with Crippen molar-refractivity contribution in [2.75, 3.05) is 13.6 Å². The molecule has 2 rings (SSSR count). The van der Waals surface area contributed by atoms with Crippen molar-refractivity contribution in [2.45, 2.75) is 46.1 Å². The molecule has 0 bridgehead atoms. The Labute approximate surface area is 117 Å². The van der Waals surface area contributed by atoms with E-state index in [2.05, 4.69) is 57.0 Å². The van der Waals surface area contributed by atoms with Gasteiger partial charge in [-0.05, 0) is 49.4 Å². The van der Waals surface area contributed by atoms with Gasteiger partial charge in [0.25, 0.3) is 0 Å². The van der Waals surface area contributed by atoms with Crippen LogP contribution in [-0.2, 0) is 6.54 Å². The van der Waals surface area contributed by atoms with Crippen molar-refractivity contribution in [2.24, 2.45) is 5.41 Å². The molecule has 1 aliphatic rings. The lowest BCUT2D eigenvalue weighted by atomic mass is 9.97. The molecule has 0 saturated heterocycles. The van der Waals surface area contributed by atoms with Crippen molar-refractivity contribution in [1.29, 1.82) is 5.26 Å². The van der Waals surface area contributed by atoms with Crippen LogP contribution in [0, 0.1) is 23.7 Å². The Morgan fingerprint density at radius 2 is 2.05 bits per heavy atom. The van der Waals surface area contributed by atoms with E-state index in [0.717, 1.165) is 25.9 Å². The van der Waals surface area contributed by atoms with Gasteiger partial charge in [0.15, 0.2) is 0 Å². The van der Waals surface area contributed by atoms with E-state index in [0.29, 0.717) is 5.92 Å². The van der Waals surface area contributed by atoms with Gasteiger partial charge in [0.05, 0.1) is 11.5 Å². The molecule has 0 heterocycles. The summed E-state index contributed by atoms with van der Waals surface area (Å²) in [7, 11) is 2.12. The molecule has 0 N–H and O–H groups in total. The molecule has 0 aromatic heterocycles. The average Bonchev–Trinajstić information content (AvgIpc) is 3.12. The lowest BCUT2D eigenvalue weighted by molar-refractivity contribution is 0.286. The molecule has 0 spiro atoms. The van der Waals surface area contributed by atoms with E-state index in [1.54, 1.807) is 0 Å². The summed E-state index contributed by atoms with van der Waals surface area (Å²) in [4.78, 5) is 2.29. The molecule has 102 valence electrons. The van der Waals surface area contributed by atoms with E-state index in [4.69, 9.17) is 5.26 Å². The lowest BCUT2D eigenvalue weighted by Crippen LogP contribution is -2.26. The zero-order chi connectivity index (χ0) is 14.0. The highest BCUT2D eigenvalue weighted by atomic mass is 15.1. The zero-order valence-corrected chi connectivity index (χ0v) is 12.5. The second-order valence-corrected chi connectivity index (χ2v) is 6.41. The first-order chi connectivity index (χ1) is 8.96. The first-order valence-electron chi connectivity index (χ1n) is 7.15. The Kier molecular flexibility index (Phi) is 3.96. The summed E-state index contributed by atoms with van der Waals surface area (Å²) in [5.41, 5.74) is 4.09. The molecule has 0 aliphatic heterocycles. The van der Waals surface area contributed by atoms with Crippen molar-refractivity contribution >= 4 is 0 Å². The molecule has 1 saturated carbocycles. The Morgan fingerprint density at radius 3 is 2.58 bits per heavy atom. The third-order valence-corrected chi connectivity index (χ3v) is 4.14. The fraction of sp³-hybridized carbons (Fsp3) is 0.588. The molecular weight excluding hydrogens is 232 g/mol. The summed E-state index contributed by atoms with van der Waals surface area (Å²) in [5.74, 6) is 0.568. The van der Waals surface area contributed by atoms with Gasteiger partial charge in [0, 0.05) is 13.1 Å². The van der Waals surface area contributed by atoms with Crippen LogP contribution in [0.25, 0.3) is 0 Å². The number of aryl methyl sites for hydroxylation is 1. The van der Waals surface area contributed by atoms with E-state index in [1.165, 1.54) is 16.7 Å². The molecule has 0 amide bonds. The maximum absolute atomic E-state index is 9.17. The van der Waals surface area contributed by atoms with Gasteiger partial charge in [-0.1, -0.05) is 32.0 Å². The van der Waals surface area contributed by atoms with Crippen LogP contribution in [0.2, 0.25) is 0 Å². The number of hydrogen-bond donors (Lipinski definition) is 0. The van der Waals surface area contributed by atoms with Gasteiger partial charge in [-0.2, -0.15) is 5.26 Å². The van der Waals surface area contributed by atoms with Gasteiger partial charge in [-0.15, -0.1) is 0 Å². The summed E-state index contributed by atoms with van der Waals surface area (Å²) in [6.07, 6.45) is 2.14. The summed E-state index contributed by atoms with van der Waals surface area (Å²) in [6, 6.07) is 9.23. The summed E-state index contributed by atoms with van der Waals surface area (Å²) >= 11 is 0. The fourth-order valence-corrected chi connectivity index (χ4v) is 2.54. The maximum Gasteiger partial charge on any atom is 0.0703 e. The lowest BCUT2D eigenvalue weighted by Gasteiger charge is -2.21. The third kappa shape index (κ3) is 3.36. The Balaban J connectivity index is 2.06. The molecule has 2 nitrogen and oxygen atoms in total. The standard InChI is InChI=1S/C17H24N2/c1-13(2)15-6-5-14(3)16(9-15)10-19(4)12-17(11-18)7-8-17/h5-6,9,13H,7-8,10,12H2,1-4H3. The molecule has 19 heavy (non-hydrogen) atoms. The van der Waals surface area contributed by atoms with Crippen LogP contribution in [0.4, 0.5) is 0 Å². The third-order valence-electron chi connectivity index (χ3n) is 4.14. The molecule has 1 aliphatic carbocycles. The number of hydrogen-bond acceptors (Lipinski definition) is 2. The Bertz CT molecular complexity index is 492. The van der Waals surface area contributed by atoms with E-state index in [9.17, 15) is 0 Å². The van der Waals surface area contributed by atoms with Gasteiger partial charge >= 0.3 is 0 Å². The molecule has 1 aromatic carbocycles. The number of nitriles is 1. The minimum atomic E-state index is -0.0433. The van der Waals surface area contributed by atoms with Crippen molar-refractivity contribution < 1.29 is 0 Å². The number of rotatable bonds is 5. The van der Waals surface area contributed by atoms with Crippen LogP contribution in [0.3, 0.4) is 0 Å². The van der Waals surface area contributed by atoms with Crippen LogP contribution in [0.5, 0.6) is 0 Å². The van der Waals surface area contributed by atoms with Crippen LogP contribution in [0.15, 0.2) is 18.2 Å². The molecule has 0 unspecified atom stereocenters. The first kappa shape index (κ1) is 14.1. The van der Waals surface area contributed by atoms with Crippen molar-refractivity contribution in [3.05, 3.63) is 34.9 Å². The van der Waals surface area contributed by atoms with Gasteiger partial charge < -0.3 is 4.90 Å². The van der Waals surface area contributed by atoms with Crippen LogP contribution < -0.4 is 0 Å². The van der Waals surface area contributed by atoms with E-state index < -0.39 is 0 Å². The van der Waals surface area contributed by atoms with E-state index >= 15 is 0 Å². The number of nitrogens with zero attached hydrogens (tertiary/aromatic N) is 2. The predicted octanol–water partition coefficient (Wildman–Crippen LogP) is 3.85.